The Morgan fingerprint density at radius 1 is 1.24 bits per heavy atom. The summed E-state index contributed by atoms with van der Waals surface area (Å²) in [4.78, 5) is 19.8. The molecule has 0 bridgehead atoms. The van der Waals surface area contributed by atoms with Crippen molar-refractivity contribution >= 4 is 23.4 Å². The number of rotatable bonds is 5. The molecular weight excluding hydrogens is 327 g/mol. The third-order valence-electron chi connectivity index (χ3n) is 4.89. The number of ether oxygens (including phenoxy) is 1. The van der Waals surface area contributed by atoms with Crippen LogP contribution in [-0.2, 0) is 9.53 Å². The van der Waals surface area contributed by atoms with Gasteiger partial charge in [-0.15, -0.1) is 0 Å². The molecule has 0 unspecified atom stereocenters. The standard InChI is InChI=1S/C16H25FN6O2/c17-11-8-25-6-5-13(11)22-16-20-7-12(18)15(23-16)21-10-3-1-9(2-4-10)14(19)24/h7,9-11,13H,1-6,8,18H2,(H2,19,24)(H2,20,21,22,23)/t9?,10?,11-,13-/m0/s1. The summed E-state index contributed by atoms with van der Waals surface area (Å²) in [7, 11) is 0. The number of carbonyl (C=O) groups is 1. The molecule has 0 radical (unpaired) electrons. The number of hydrogen-bond donors (Lipinski definition) is 4. The van der Waals surface area contributed by atoms with Crippen LogP contribution in [0.1, 0.15) is 32.1 Å². The Hall–Kier alpha value is -2.16. The van der Waals surface area contributed by atoms with Crippen LogP contribution in [0.4, 0.5) is 21.8 Å². The van der Waals surface area contributed by atoms with Crippen molar-refractivity contribution in [3.05, 3.63) is 6.20 Å². The highest BCUT2D eigenvalue weighted by atomic mass is 19.1. The number of alkyl halides is 1. The second-order valence-electron chi connectivity index (χ2n) is 6.72. The Labute approximate surface area is 145 Å². The lowest BCUT2D eigenvalue weighted by Gasteiger charge is -2.29. The van der Waals surface area contributed by atoms with E-state index in [1.165, 1.54) is 6.20 Å². The minimum atomic E-state index is -1.09. The van der Waals surface area contributed by atoms with Crippen LogP contribution in [0, 0.1) is 5.92 Å². The Balaban J connectivity index is 1.61. The molecule has 0 spiro atoms. The van der Waals surface area contributed by atoms with Crippen LogP contribution in [0.25, 0.3) is 0 Å². The summed E-state index contributed by atoms with van der Waals surface area (Å²) >= 11 is 0. The topological polar surface area (TPSA) is 128 Å². The Bertz CT molecular complexity index is 608. The first-order valence-electron chi connectivity index (χ1n) is 8.69. The number of carbonyl (C=O) groups excluding carboxylic acids is 1. The fourth-order valence-electron chi connectivity index (χ4n) is 3.32. The summed E-state index contributed by atoms with van der Waals surface area (Å²) < 4.78 is 19.0. The monoisotopic (exact) mass is 352 g/mol. The zero-order valence-electron chi connectivity index (χ0n) is 14.1. The van der Waals surface area contributed by atoms with Gasteiger partial charge in [-0.25, -0.2) is 9.37 Å². The van der Waals surface area contributed by atoms with Crippen LogP contribution in [0.15, 0.2) is 6.20 Å². The van der Waals surface area contributed by atoms with Crippen molar-refractivity contribution in [3.8, 4) is 0 Å². The molecule has 1 aromatic rings. The molecule has 1 saturated heterocycles. The number of halogens is 1. The van der Waals surface area contributed by atoms with Crippen molar-refractivity contribution in [2.75, 3.05) is 29.6 Å². The number of nitrogens with two attached hydrogens (primary N) is 2. The van der Waals surface area contributed by atoms with Gasteiger partial charge in [0.15, 0.2) is 5.82 Å². The Kier molecular flexibility index (Phi) is 5.52. The van der Waals surface area contributed by atoms with Crippen LogP contribution < -0.4 is 22.1 Å². The van der Waals surface area contributed by atoms with Gasteiger partial charge in [-0.3, -0.25) is 4.79 Å². The third kappa shape index (κ3) is 4.47. The lowest BCUT2D eigenvalue weighted by molar-refractivity contribution is -0.122. The van der Waals surface area contributed by atoms with E-state index < -0.39 is 6.17 Å². The molecule has 1 amide bonds. The second kappa shape index (κ2) is 7.81. The van der Waals surface area contributed by atoms with Crippen molar-refractivity contribution < 1.29 is 13.9 Å². The maximum atomic E-state index is 13.9. The number of aromatic nitrogens is 2. The van der Waals surface area contributed by atoms with Gasteiger partial charge in [0.25, 0.3) is 0 Å². The number of nitrogen functional groups attached to an aromatic ring is 1. The molecule has 2 atom stereocenters. The first-order valence-corrected chi connectivity index (χ1v) is 8.69. The maximum Gasteiger partial charge on any atom is 0.225 e. The maximum absolute atomic E-state index is 13.9. The van der Waals surface area contributed by atoms with Crippen LogP contribution in [-0.4, -0.2) is 47.3 Å². The summed E-state index contributed by atoms with van der Waals surface area (Å²) in [6.07, 6.45) is 4.16. The van der Waals surface area contributed by atoms with E-state index in [2.05, 4.69) is 20.6 Å². The zero-order chi connectivity index (χ0) is 17.8. The van der Waals surface area contributed by atoms with Crippen molar-refractivity contribution in [1.82, 2.24) is 9.97 Å². The molecule has 9 heteroatoms. The van der Waals surface area contributed by atoms with Gasteiger partial charge in [0.1, 0.15) is 6.17 Å². The van der Waals surface area contributed by atoms with E-state index in [0.717, 1.165) is 25.7 Å². The number of amides is 1. The minimum absolute atomic E-state index is 0.0481. The molecular formula is C16H25FN6O2. The normalized spacial score (nSPS) is 29.8. The fourth-order valence-corrected chi connectivity index (χ4v) is 3.32. The van der Waals surface area contributed by atoms with Gasteiger partial charge in [-0.05, 0) is 32.1 Å². The van der Waals surface area contributed by atoms with Gasteiger partial charge in [0.05, 0.1) is 24.5 Å². The SMILES string of the molecule is NC(=O)C1CCC(Nc2nc(N[C@H]3CCOC[C@@H]3F)ncc2N)CC1. The molecule has 1 aromatic heterocycles. The Morgan fingerprint density at radius 3 is 2.68 bits per heavy atom. The van der Waals surface area contributed by atoms with Gasteiger partial charge < -0.3 is 26.8 Å². The summed E-state index contributed by atoms with van der Waals surface area (Å²) in [6, 6.07) is -0.186. The molecule has 1 saturated carbocycles. The third-order valence-corrected chi connectivity index (χ3v) is 4.89. The highest BCUT2D eigenvalue weighted by molar-refractivity contribution is 5.76. The van der Waals surface area contributed by atoms with Gasteiger partial charge in [-0.2, -0.15) is 4.98 Å². The fraction of sp³-hybridized carbons (Fsp3) is 0.688. The van der Waals surface area contributed by atoms with E-state index in [1.807, 2.05) is 0 Å². The Morgan fingerprint density at radius 2 is 2.00 bits per heavy atom. The van der Waals surface area contributed by atoms with Crippen LogP contribution >= 0.6 is 0 Å². The van der Waals surface area contributed by atoms with E-state index >= 15 is 0 Å². The zero-order valence-corrected chi connectivity index (χ0v) is 14.1. The summed E-state index contributed by atoms with van der Waals surface area (Å²) in [5.41, 5.74) is 11.8. The van der Waals surface area contributed by atoms with E-state index in [4.69, 9.17) is 16.2 Å². The lowest BCUT2D eigenvalue weighted by Crippen LogP contribution is -2.39. The van der Waals surface area contributed by atoms with Crippen LogP contribution in [0.5, 0.6) is 0 Å². The number of hydrogen-bond acceptors (Lipinski definition) is 7. The number of nitrogens with zero attached hydrogens (tertiary/aromatic N) is 2. The van der Waals surface area contributed by atoms with E-state index in [9.17, 15) is 9.18 Å². The summed E-state index contributed by atoms with van der Waals surface area (Å²) in [6.45, 7) is 0.599. The number of nitrogens with one attached hydrogen (secondary N) is 2. The van der Waals surface area contributed by atoms with E-state index in [0.29, 0.717) is 30.5 Å². The summed E-state index contributed by atoms with van der Waals surface area (Å²) in [5.74, 6) is 0.594. The van der Waals surface area contributed by atoms with Gasteiger partial charge in [0.2, 0.25) is 11.9 Å². The van der Waals surface area contributed by atoms with Crippen LogP contribution in [0.2, 0.25) is 0 Å². The molecule has 1 aliphatic carbocycles. The van der Waals surface area contributed by atoms with E-state index in [1.54, 1.807) is 0 Å². The van der Waals surface area contributed by atoms with Gasteiger partial charge in [-0.1, -0.05) is 0 Å². The molecule has 6 N–H and O–H groups in total. The average Bonchev–Trinajstić information content (AvgIpc) is 2.60. The lowest BCUT2D eigenvalue weighted by atomic mass is 9.85. The molecule has 25 heavy (non-hydrogen) atoms. The van der Waals surface area contributed by atoms with Crippen molar-refractivity contribution in [2.45, 2.75) is 50.4 Å². The van der Waals surface area contributed by atoms with Crippen molar-refractivity contribution in [1.29, 1.82) is 0 Å². The quantitative estimate of drug-likeness (QED) is 0.623. The first kappa shape index (κ1) is 17.7. The van der Waals surface area contributed by atoms with Crippen molar-refractivity contribution in [3.63, 3.8) is 0 Å². The first-order chi connectivity index (χ1) is 12.0. The summed E-state index contributed by atoms with van der Waals surface area (Å²) in [5, 5.41) is 6.33. The molecule has 3 rings (SSSR count). The predicted octanol–water partition coefficient (Wildman–Crippen LogP) is 1.05. The average molecular weight is 352 g/mol. The molecule has 8 nitrogen and oxygen atoms in total. The molecule has 2 aliphatic rings. The highest BCUT2D eigenvalue weighted by Crippen LogP contribution is 2.28. The van der Waals surface area contributed by atoms with Gasteiger partial charge in [0, 0.05) is 18.6 Å². The number of primary amides is 1. The minimum Gasteiger partial charge on any atom is -0.394 e. The molecule has 2 fully saturated rings. The van der Waals surface area contributed by atoms with E-state index in [-0.39, 0.29) is 30.5 Å². The molecule has 1 aliphatic heterocycles. The van der Waals surface area contributed by atoms with Crippen LogP contribution in [0.3, 0.4) is 0 Å². The second-order valence-corrected chi connectivity index (χ2v) is 6.72. The molecule has 138 valence electrons. The highest BCUT2D eigenvalue weighted by Gasteiger charge is 2.27. The van der Waals surface area contributed by atoms with Crippen molar-refractivity contribution in [2.24, 2.45) is 11.7 Å². The number of anilines is 3. The predicted molar refractivity (Wildman–Crippen MR) is 92.8 cm³/mol. The molecule has 2 heterocycles. The molecule has 0 aromatic carbocycles. The largest absolute Gasteiger partial charge is 0.394 e. The van der Waals surface area contributed by atoms with Gasteiger partial charge >= 0.3 is 0 Å². The smallest absolute Gasteiger partial charge is 0.225 e.